The lowest BCUT2D eigenvalue weighted by molar-refractivity contribution is 0.0784. The summed E-state index contributed by atoms with van der Waals surface area (Å²) >= 11 is 3.39. The Labute approximate surface area is 130 Å². The molecule has 0 atom stereocenters. The van der Waals surface area contributed by atoms with Gasteiger partial charge in [0.15, 0.2) is 11.6 Å². The molecule has 2 aromatic carbocycles. The molecule has 0 radical (unpaired) electrons. The molecule has 0 saturated carbocycles. The number of benzene rings is 2. The molecule has 2 aromatic rings. The number of halogens is 3. The summed E-state index contributed by atoms with van der Waals surface area (Å²) in [5.41, 5.74) is 1.96. The maximum Gasteiger partial charge on any atom is 0.254 e. The summed E-state index contributed by atoms with van der Waals surface area (Å²) in [4.78, 5) is 13.9. The molecule has 0 bridgehead atoms. The number of hydrogen-bond donors (Lipinski definition) is 0. The Morgan fingerprint density at radius 2 is 1.90 bits per heavy atom. The Kier molecular flexibility index (Phi) is 4.73. The van der Waals surface area contributed by atoms with Gasteiger partial charge in [0.05, 0.1) is 0 Å². The molecule has 0 N–H and O–H groups in total. The lowest BCUT2D eigenvalue weighted by Gasteiger charge is -2.19. The van der Waals surface area contributed by atoms with Crippen molar-refractivity contribution in [1.82, 2.24) is 4.90 Å². The van der Waals surface area contributed by atoms with Gasteiger partial charge in [-0.15, -0.1) is 0 Å². The molecule has 0 aliphatic rings. The molecule has 0 saturated heterocycles. The highest BCUT2D eigenvalue weighted by Gasteiger charge is 2.16. The second kappa shape index (κ2) is 6.35. The predicted molar refractivity (Wildman–Crippen MR) is 81.0 cm³/mol. The maximum atomic E-state index is 13.2. The van der Waals surface area contributed by atoms with Crippen molar-refractivity contribution in [2.75, 3.05) is 7.05 Å². The molecule has 0 aliphatic carbocycles. The summed E-state index contributed by atoms with van der Waals surface area (Å²) in [6.45, 7) is 2.06. The molecule has 0 spiro atoms. The number of amides is 1. The summed E-state index contributed by atoms with van der Waals surface area (Å²) in [5, 5.41) is 0. The van der Waals surface area contributed by atoms with Crippen molar-refractivity contribution in [1.29, 1.82) is 0 Å². The summed E-state index contributed by atoms with van der Waals surface area (Å²) in [5.74, 6) is -1.97. The van der Waals surface area contributed by atoms with Crippen molar-refractivity contribution in [2.24, 2.45) is 0 Å². The van der Waals surface area contributed by atoms with E-state index in [0.29, 0.717) is 11.1 Å². The molecule has 0 unspecified atom stereocenters. The van der Waals surface area contributed by atoms with Crippen molar-refractivity contribution in [3.05, 3.63) is 69.2 Å². The largest absolute Gasteiger partial charge is 0.337 e. The van der Waals surface area contributed by atoms with Crippen LogP contribution in [0.15, 0.2) is 40.9 Å². The van der Waals surface area contributed by atoms with Crippen molar-refractivity contribution in [3.63, 3.8) is 0 Å². The minimum Gasteiger partial charge on any atom is -0.337 e. The molecule has 2 rings (SSSR count). The van der Waals surface area contributed by atoms with Crippen molar-refractivity contribution < 1.29 is 13.6 Å². The average Bonchev–Trinajstić information content (AvgIpc) is 2.45. The molecule has 110 valence electrons. The molecule has 2 nitrogen and oxygen atoms in total. The second-order valence-electron chi connectivity index (χ2n) is 4.82. The highest BCUT2D eigenvalue weighted by molar-refractivity contribution is 9.10. The number of carbonyl (C=O) groups excluding carboxylic acids is 1. The third-order valence-electron chi connectivity index (χ3n) is 3.25. The van der Waals surface area contributed by atoms with E-state index in [4.69, 9.17) is 0 Å². The van der Waals surface area contributed by atoms with Crippen molar-refractivity contribution in [3.8, 4) is 0 Å². The quantitative estimate of drug-likeness (QED) is 0.805. The van der Waals surface area contributed by atoms with E-state index in [1.807, 2.05) is 13.0 Å². The van der Waals surface area contributed by atoms with Crippen LogP contribution in [0, 0.1) is 18.6 Å². The lowest BCUT2D eigenvalue weighted by Crippen LogP contribution is -2.27. The van der Waals surface area contributed by atoms with Gasteiger partial charge in [-0.3, -0.25) is 4.79 Å². The molecule has 1 amide bonds. The van der Waals surface area contributed by atoms with Gasteiger partial charge in [0.2, 0.25) is 0 Å². The van der Waals surface area contributed by atoms with Crippen LogP contribution >= 0.6 is 15.9 Å². The minimum atomic E-state index is -0.910. The SMILES string of the molecule is Cc1c(Br)cccc1C(=O)N(C)Cc1ccc(F)c(F)c1. The van der Waals surface area contributed by atoms with Gasteiger partial charge in [0.25, 0.3) is 5.91 Å². The maximum absolute atomic E-state index is 13.2. The normalized spacial score (nSPS) is 10.5. The first-order valence-corrected chi connectivity index (χ1v) is 7.14. The van der Waals surface area contributed by atoms with E-state index in [1.165, 1.54) is 11.0 Å². The highest BCUT2D eigenvalue weighted by atomic mass is 79.9. The van der Waals surface area contributed by atoms with Crippen molar-refractivity contribution in [2.45, 2.75) is 13.5 Å². The van der Waals surface area contributed by atoms with Crippen LogP contribution < -0.4 is 0 Å². The molecule has 0 heterocycles. The van der Waals surface area contributed by atoms with Gasteiger partial charge in [-0.05, 0) is 42.3 Å². The van der Waals surface area contributed by atoms with E-state index in [-0.39, 0.29) is 12.5 Å². The monoisotopic (exact) mass is 353 g/mol. The van der Waals surface area contributed by atoms with Gasteiger partial charge in [-0.1, -0.05) is 28.1 Å². The Hall–Kier alpha value is -1.75. The third kappa shape index (κ3) is 3.47. The van der Waals surface area contributed by atoms with Crippen LogP contribution in [0.25, 0.3) is 0 Å². The first kappa shape index (κ1) is 15.6. The van der Waals surface area contributed by atoms with E-state index in [9.17, 15) is 13.6 Å². The topological polar surface area (TPSA) is 20.3 Å². The first-order chi connectivity index (χ1) is 9.90. The Morgan fingerprint density at radius 1 is 1.19 bits per heavy atom. The fourth-order valence-electron chi connectivity index (χ4n) is 2.03. The summed E-state index contributed by atoms with van der Waals surface area (Å²) in [6.07, 6.45) is 0. The molecule has 0 aliphatic heterocycles. The summed E-state index contributed by atoms with van der Waals surface area (Å²) in [7, 11) is 1.63. The molecule has 0 fully saturated rings. The molecular formula is C16H14BrF2NO. The molecule has 21 heavy (non-hydrogen) atoms. The van der Waals surface area contributed by atoms with Crippen molar-refractivity contribution >= 4 is 21.8 Å². The number of carbonyl (C=O) groups is 1. The zero-order valence-electron chi connectivity index (χ0n) is 11.7. The number of rotatable bonds is 3. The lowest BCUT2D eigenvalue weighted by atomic mass is 10.1. The zero-order chi connectivity index (χ0) is 15.6. The second-order valence-corrected chi connectivity index (χ2v) is 5.68. The molecule has 0 aromatic heterocycles. The van der Waals surface area contributed by atoms with Gasteiger partial charge in [-0.25, -0.2) is 8.78 Å². The minimum absolute atomic E-state index is 0.168. The summed E-state index contributed by atoms with van der Waals surface area (Å²) in [6, 6.07) is 9.03. The van der Waals surface area contributed by atoms with Crippen LogP contribution in [0.2, 0.25) is 0 Å². The number of hydrogen-bond acceptors (Lipinski definition) is 1. The highest BCUT2D eigenvalue weighted by Crippen LogP contribution is 2.21. The average molecular weight is 354 g/mol. The van der Waals surface area contributed by atoms with Gasteiger partial charge >= 0.3 is 0 Å². The standard InChI is InChI=1S/C16H14BrF2NO/c1-10-12(4-3-5-13(10)17)16(21)20(2)9-11-6-7-14(18)15(19)8-11/h3-8H,9H2,1-2H3. The third-order valence-corrected chi connectivity index (χ3v) is 4.11. The zero-order valence-corrected chi connectivity index (χ0v) is 13.2. The fourth-order valence-corrected chi connectivity index (χ4v) is 2.39. The molecular weight excluding hydrogens is 340 g/mol. The van der Waals surface area contributed by atoms with Crippen LogP contribution in [0.4, 0.5) is 8.78 Å². The van der Waals surface area contributed by atoms with E-state index in [2.05, 4.69) is 15.9 Å². The summed E-state index contributed by atoms with van der Waals surface area (Å²) < 4.78 is 26.9. The molecule has 5 heteroatoms. The van der Waals surface area contributed by atoms with Gasteiger partial charge in [-0.2, -0.15) is 0 Å². The van der Waals surface area contributed by atoms with Gasteiger partial charge in [0, 0.05) is 23.6 Å². The Morgan fingerprint density at radius 3 is 2.57 bits per heavy atom. The van der Waals surface area contributed by atoms with E-state index in [0.717, 1.165) is 22.2 Å². The van der Waals surface area contributed by atoms with Crippen LogP contribution in [0.5, 0.6) is 0 Å². The fraction of sp³-hybridized carbons (Fsp3) is 0.188. The van der Waals surface area contributed by atoms with E-state index >= 15 is 0 Å². The number of nitrogens with zero attached hydrogens (tertiary/aromatic N) is 1. The first-order valence-electron chi connectivity index (χ1n) is 6.34. The van der Waals surface area contributed by atoms with E-state index < -0.39 is 11.6 Å². The van der Waals surface area contributed by atoms with Gasteiger partial charge < -0.3 is 4.90 Å². The Bertz CT molecular complexity index is 688. The van der Waals surface area contributed by atoms with Crippen LogP contribution in [-0.4, -0.2) is 17.9 Å². The predicted octanol–water partition coefficient (Wildman–Crippen LogP) is 4.31. The Balaban J connectivity index is 2.19. The van der Waals surface area contributed by atoms with Crippen LogP contribution in [0.3, 0.4) is 0 Å². The van der Waals surface area contributed by atoms with Gasteiger partial charge in [0.1, 0.15) is 0 Å². The van der Waals surface area contributed by atoms with Crippen LogP contribution in [-0.2, 0) is 6.54 Å². The van der Waals surface area contributed by atoms with E-state index in [1.54, 1.807) is 19.2 Å². The smallest absolute Gasteiger partial charge is 0.254 e. The van der Waals surface area contributed by atoms with Crippen LogP contribution in [0.1, 0.15) is 21.5 Å².